The predicted molar refractivity (Wildman–Crippen MR) is 88.4 cm³/mol. The molecular formula is C15H33ClO3Si. The number of hydrogen-bond acceptors (Lipinski definition) is 3. The largest absolute Gasteiger partial charge is 0.503 e. The molecule has 0 spiro atoms. The maximum Gasteiger partial charge on any atom is 0.503 e. The lowest BCUT2D eigenvalue weighted by atomic mass is 9.93. The van der Waals surface area contributed by atoms with Gasteiger partial charge in [-0.05, 0) is 18.8 Å². The molecule has 20 heavy (non-hydrogen) atoms. The minimum absolute atomic E-state index is 0.336. The number of hydrogen-bond donors (Lipinski definition) is 0. The first-order chi connectivity index (χ1) is 9.65. The standard InChI is InChI=1S/C15H33ClO3Si/c1-6-8-9-10-11-14(12-13-16)15(7-2)20(17-3,18-4)19-5/h14-15H,6-13H2,1-5H3. The molecule has 3 nitrogen and oxygen atoms in total. The third-order valence-corrected chi connectivity index (χ3v) is 7.94. The van der Waals surface area contributed by atoms with E-state index in [2.05, 4.69) is 13.8 Å². The first-order valence-electron chi connectivity index (χ1n) is 7.87. The molecular weight excluding hydrogens is 292 g/mol. The van der Waals surface area contributed by atoms with Crippen LogP contribution in [0.4, 0.5) is 0 Å². The smallest absolute Gasteiger partial charge is 0.377 e. The van der Waals surface area contributed by atoms with Crippen molar-refractivity contribution in [3.8, 4) is 0 Å². The predicted octanol–water partition coefficient (Wildman–Crippen LogP) is 4.86. The highest BCUT2D eigenvalue weighted by Crippen LogP contribution is 2.39. The normalized spacial score (nSPS) is 15.3. The van der Waals surface area contributed by atoms with Crippen LogP contribution in [0.3, 0.4) is 0 Å². The zero-order chi connectivity index (χ0) is 15.4. The molecule has 5 heteroatoms. The molecule has 0 saturated carbocycles. The summed E-state index contributed by atoms with van der Waals surface area (Å²) in [6.45, 7) is 4.43. The molecule has 0 aliphatic carbocycles. The Hall–Kier alpha value is 0.387. The Kier molecular flexibility index (Phi) is 12.2. The summed E-state index contributed by atoms with van der Waals surface area (Å²) in [7, 11) is 2.54. The molecule has 0 aromatic rings. The second-order valence-corrected chi connectivity index (χ2v) is 8.87. The van der Waals surface area contributed by atoms with E-state index < -0.39 is 8.80 Å². The highest BCUT2D eigenvalue weighted by Gasteiger charge is 2.49. The van der Waals surface area contributed by atoms with Gasteiger partial charge in [-0.25, -0.2) is 0 Å². The summed E-state index contributed by atoms with van der Waals surface area (Å²) in [5, 5.41) is 0. The molecule has 0 bridgehead atoms. The van der Waals surface area contributed by atoms with E-state index >= 15 is 0 Å². The van der Waals surface area contributed by atoms with Gasteiger partial charge in [0, 0.05) is 32.8 Å². The summed E-state index contributed by atoms with van der Waals surface area (Å²) >= 11 is 6.01. The minimum Gasteiger partial charge on any atom is -0.377 e. The van der Waals surface area contributed by atoms with Crippen LogP contribution in [0.2, 0.25) is 5.54 Å². The summed E-state index contributed by atoms with van der Waals surface area (Å²) in [6.07, 6.45) is 8.35. The number of alkyl halides is 1. The summed E-state index contributed by atoms with van der Waals surface area (Å²) in [5.74, 6) is 1.22. The van der Waals surface area contributed by atoms with Gasteiger partial charge < -0.3 is 13.3 Å². The van der Waals surface area contributed by atoms with E-state index in [1.165, 1.54) is 32.1 Å². The van der Waals surface area contributed by atoms with Crippen molar-refractivity contribution in [2.45, 2.75) is 64.3 Å². The molecule has 0 rings (SSSR count). The molecule has 0 aromatic heterocycles. The second kappa shape index (κ2) is 12.0. The van der Waals surface area contributed by atoms with Crippen molar-refractivity contribution in [1.82, 2.24) is 0 Å². The lowest BCUT2D eigenvalue weighted by Gasteiger charge is -2.37. The zero-order valence-electron chi connectivity index (χ0n) is 13.9. The van der Waals surface area contributed by atoms with Gasteiger partial charge in [0.15, 0.2) is 0 Å². The van der Waals surface area contributed by atoms with E-state index in [1.807, 2.05) is 0 Å². The fourth-order valence-electron chi connectivity index (χ4n) is 3.10. The Morgan fingerprint density at radius 1 is 0.900 bits per heavy atom. The fraction of sp³-hybridized carbons (Fsp3) is 1.00. The topological polar surface area (TPSA) is 27.7 Å². The molecule has 0 aliphatic rings. The van der Waals surface area contributed by atoms with E-state index in [1.54, 1.807) is 21.3 Å². The third-order valence-electron chi connectivity index (χ3n) is 4.22. The van der Waals surface area contributed by atoms with Crippen molar-refractivity contribution < 1.29 is 13.3 Å². The maximum atomic E-state index is 6.01. The van der Waals surface area contributed by atoms with Crippen LogP contribution in [0.5, 0.6) is 0 Å². The second-order valence-electron chi connectivity index (χ2n) is 5.32. The highest BCUT2D eigenvalue weighted by molar-refractivity contribution is 6.62. The fourth-order valence-corrected chi connectivity index (χ4v) is 6.20. The summed E-state index contributed by atoms with van der Waals surface area (Å²) in [5.41, 5.74) is 0.336. The van der Waals surface area contributed by atoms with Crippen molar-refractivity contribution in [1.29, 1.82) is 0 Å². The first kappa shape index (κ1) is 20.4. The zero-order valence-corrected chi connectivity index (χ0v) is 15.7. The van der Waals surface area contributed by atoms with Crippen molar-refractivity contribution in [2.75, 3.05) is 27.2 Å². The summed E-state index contributed by atoms with van der Waals surface area (Å²) in [6, 6.07) is 0. The number of rotatable bonds is 13. The molecule has 0 amide bonds. The van der Waals surface area contributed by atoms with Crippen LogP contribution >= 0.6 is 11.6 Å². The van der Waals surface area contributed by atoms with Crippen molar-refractivity contribution in [2.24, 2.45) is 5.92 Å². The number of halogens is 1. The monoisotopic (exact) mass is 324 g/mol. The average molecular weight is 325 g/mol. The van der Waals surface area contributed by atoms with Gasteiger partial charge in [-0.2, -0.15) is 0 Å². The van der Waals surface area contributed by atoms with E-state index in [4.69, 9.17) is 24.9 Å². The van der Waals surface area contributed by atoms with E-state index in [0.717, 1.165) is 12.8 Å². The van der Waals surface area contributed by atoms with Gasteiger partial charge in [-0.15, -0.1) is 11.6 Å². The minimum atomic E-state index is -2.57. The van der Waals surface area contributed by atoms with E-state index in [9.17, 15) is 0 Å². The van der Waals surface area contributed by atoms with Gasteiger partial charge in [0.05, 0.1) is 0 Å². The molecule has 122 valence electrons. The summed E-state index contributed by atoms with van der Waals surface area (Å²) in [4.78, 5) is 0. The van der Waals surface area contributed by atoms with Gasteiger partial charge in [0.25, 0.3) is 0 Å². The van der Waals surface area contributed by atoms with Gasteiger partial charge in [-0.1, -0.05) is 46.0 Å². The van der Waals surface area contributed by atoms with Crippen LogP contribution in [0.15, 0.2) is 0 Å². The molecule has 2 atom stereocenters. The lowest BCUT2D eigenvalue weighted by molar-refractivity contribution is 0.0980. The Morgan fingerprint density at radius 3 is 1.90 bits per heavy atom. The summed E-state index contributed by atoms with van der Waals surface area (Å²) < 4.78 is 17.1. The van der Waals surface area contributed by atoms with Gasteiger partial charge in [0.1, 0.15) is 0 Å². The Balaban J connectivity index is 4.79. The van der Waals surface area contributed by atoms with E-state index in [-0.39, 0.29) is 0 Å². The Labute approximate surface area is 131 Å². The maximum absolute atomic E-state index is 6.01. The molecule has 0 saturated heterocycles. The van der Waals surface area contributed by atoms with Crippen molar-refractivity contribution in [3.05, 3.63) is 0 Å². The van der Waals surface area contributed by atoms with Gasteiger partial charge >= 0.3 is 8.80 Å². The molecule has 0 radical (unpaired) electrons. The Bertz CT molecular complexity index is 217. The average Bonchev–Trinajstić information content (AvgIpc) is 2.48. The van der Waals surface area contributed by atoms with Crippen LogP contribution in [0.25, 0.3) is 0 Å². The molecule has 0 aromatic carbocycles. The third kappa shape index (κ3) is 6.02. The highest BCUT2D eigenvalue weighted by atomic mass is 35.5. The lowest BCUT2D eigenvalue weighted by Crippen LogP contribution is -2.50. The quantitative estimate of drug-likeness (QED) is 0.275. The first-order valence-corrected chi connectivity index (χ1v) is 10.2. The van der Waals surface area contributed by atoms with E-state index in [0.29, 0.717) is 17.3 Å². The van der Waals surface area contributed by atoms with Crippen molar-refractivity contribution >= 4 is 20.4 Å². The molecule has 0 aliphatic heterocycles. The van der Waals surface area contributed by atoms with Crippen LogP contribution < -0.4 is 0 Å². The Morgan fingerprint density at radius 2 is 1.50 bits per heavy atom. The molecule has 2 unspecified atom stereocenters. The molecule has 0 fully saturated rings. The number of unbranched alkanes of at least 4 members (excludes halogenated alkanes) is 3. The van der Waals surface area contributed by atoms with Crippen LogP contribution in [-0.2, 0) is 13.3 Å². The molecule has 0 heterocycles. The van der Waals surface area contributed by atoms with Crippen LogP contribution in [0.1, 0.15) is 58.8 Å². The van der Waals surface area contributed by atoms with Crippen molar-refractivity contribution in [3.63, 3.8) is 0 Å². The molecule has 0 N–H and O–H groups in total. The van der Waals surface area contributed by atoms with Crippen LogP contribution in [-0.4, -0.2) is 36.0 Å². The SMILES string of the molecule is CCCCCCC(CCCl)C(CC)[Si](OC)(OC)OC. The van der Waals surface area contributed by atoms with Crippen LogP contribution in [0, 0.1) is 5.92 Å². The van der Waals surface area contributed by atoms with Gasteiger partial charge in [0.2, 0.25) is 0 Å². The van der Waals surface area contributed by atoms with Gasteiger partial charge in [-0.3, -0.25) is 0 Å².